The van der Waals surface area contributed by atoms with E-state index < -0.39 is 18.2 Å². The Balaban J connectivity index is 0.000000517. The zero-order valence-electron chi connectivity index (χ0n) is 23.2. The Morgan fingerprint density at radius 1 is 0.929 bits per heavy atom. The van der Waals surface area contributed by atoms with Crippen LogP contribution in [0.4, 0.5) is 18.9 Å². The van der Waals surface area contributed by atoms with Crippen LogP contribution in [0.3, 0.4) is 0 Å². The molecule has 1 N–H and O–H groups in total. The third kappa shape index (κ3) is 9.00. The molecular weight excluding hydrogens is 565 g/mol. The Kier molecular flexibility index (Phi) is 10.9. The molecule has 0 amide bonds. The van der Waals surface area contributed by atoms with Gasteiger partial charge in [-0.05, 0) is 29.8 Å². The minimum Gasteiger partial charge on any atom is -0.542 e. The lowest BCUT2D eigenvalue weighted by Gasteiger charge is -2.52. The molecule has 3 aliphatic rings. The third-order valence-corrected chi connectivity index (χ3v) is 8.88. The maximum atomic E-state index is 13.5. The molecule has 224 valence electrons. The van der Waals surface area contributed by atoms with Gasteiger partial charge < -0.3 is 24.4 Å². The fourth-order valence-electron chi connectivity index (χ4n) is 5.62. The molecule has 2 atom stereocenters. The molecule has 0 aromatic heterocycles. The number of benzene rings is 3. The third-order valence-electron chi connectivity index (χ3n) is 7.78. The van der Waals surface area contributed by atoms with Gasteiger partial charge in [0.1, 0.15) is 12.5 Å². The predicted molar refractivity (Wildman–Crippen MR) is 154 cm³/mol. The van der Waals surface area contributed by atoms with Gasteiger partial charge in [-0.15, -0.1) is 11.8 Å². The highest BCUT2D eigenvalue weighted by atomic mass is 32.2. The van der Waals surface area contributed by atoms with E-state index in [9.17, 15) is 18.0 Å². The molecule has 3 heterocycles. The van der Waals surface area contributed by atoms with Crippen molar-refractivity contribution in [3.63, 3.8) is 0 Å². The van der Waals surface area contributed by atoms with Crippen molar-refractivity contribution in [3.8, 4) is 0 Å². The van der Waals surface area contributed by atoms with Gasteiger partial charge in [0.25, 0.3) is 0 Å². The van der Waals surface area contributed by atoms with Crippen molar-refractivity contribution in [3.05, 3.63) is 96.6 Å². The number of esters is 1. The van der Waals surface area contributed by atoms with Crippen LogP contribution in [0.1, 0.15) is 30.9 Å². The van der Waals surface area contributed by atoms with Crippen molar-refractivity contribution in [2.45, 2.75) is 42.5 Å². The first-order chi connectivity index (χ1) is 20.2. The van der Waals surface area contributed by atoms with E-state index >= 15 is 0 Å². The average Bonchev–Trinajstić information content (AvgIpc) is 3.00. The van der Waals surface area contributed by atoms with Crippen LogP contribution in [0.5, 0.6) is 0 Å². The highest BCUT2D eigenvalue weighted by Gasteiger charge is 2.47. The number of para-hydroxylation sites is 1. The van der Waals surface area contributed by atoms with E-state index in [1.807, 2.05) is 72.4 Å². The fourth-order valence-corrected chi connectivity index (χ4v) is 6.48. The molecule has 3 aromatic carbocycles. The molecule has 0 radical (unpaired) electrons. The SMILES string of the molecule is O=C(O[C@H]1C[N+]2(CCCSc3ccccc3)CCC1CC2)[C@H](Nc1ccccc1)c1ccccc1.O=C([O-])C(F)(F)F. The molecule has 3 fully saturated rings. The largest absolute Gasteiger partial charge is 0.542 e. The number of carbonyl (C=O) groups is 2. The predicted octanol–water partition coefficient (Wildman–Crippen LogP) is 5.47. The van der Waals surface area contributed by atoms with Crippen molar-refractivity contribution in [2.75, 3.05) is 37.2 Å². The van der Waals surface area contributed by atoms with E-state index in [2.05, 4.69) is 35.6 Å². The normalized spacial score (nSPS) is 21.9. The van der Waals surface area contributed by atoms with Gasteiger partial charge in [0.2, 0.25) is 0 Å². The molecule has 0 spiro atoms. The molecule has 10 heteroatoms. The van der Waals surface area contributed by atoms with E-state index in [0.717, 1.165) is 40.9 Å². The number of rotatable bonds is 10. The van der Waals surface area contributed by atoms with Crippen molar-refractivity contribution < 1.29 is 37.1 Å². The summed E-state index contributed by atoms with van der Waals surface area (Å²) in [5, 5.41) is 12.2. The second-order valence-corrected chi connectivity index (χ2v) is 11.8. The van der Waals surface area contributed by atoms with E-state index in [-0.39, 0.29) is 12.1 Å². The zero-order valence-corrected chi connectivity index (χ0v) is 24.0. The minimum absolute atomic E-state index is 0.00978. The summed E-state index contributed by atoms with van der Waals surface area (Å²) in [5.41, 5.74) is 1.86. The zero-order chi connectivity index (χ0) is 30.0. The summed E-state index contributed by atoms with van der Waals surface area (Å²) in [6.07, 6.45) is -1.68. The number of hydrogen-bond acceptors (Lipinski definition) is 6. The van der Waals surface area contributed by atoms with Crippen LogP contribution in [0.15, 0.2) is 95.9 Å². The Labute approximate surface area is 248 Å². The van der Waals surface area contributed by atoms with Gasteiger partial charge in [0, 0.05) is 41.5 Å². The van der Waals surface area contributed by atoms with Crippen LogP contribution < -0.4 is 10.4 Å². The molecule has 2 bridgehead atoms. The maximum absolute atomic E-state index is 13.5. The van der Waals surface area contributed by atoms with Crippen LogP contribution in [0.2, 0.25) is 0 Å². The molecule has 6 rings (SSSR count). The van der Waals surface area contributed by atoms with E-state index in [1.54, 1.807) is 0 Å². The highest BCUT2D eigenvalue weighted by molar-refractivity contribution is 7.99. The number of carbonyl (C=O) groups excluding carboxylic acids is 2. The molecule has 0 aliphatic carbocycles. The minimum atomic E-state index is -5.19. The molecule has 3 aromatic rings. The number of carboxylic acid groups (broad SMARTS) is 1. The van der Waals surface area contributed by atoms with Crippen molar-refractivity contribution in [2.24, 2.45) is 5.92 Å². The number of aliphatic carboxylic acids is 1. The van der Waals surface area contributed by atoms with Gasteiger partial charge in [-0.2, -0.15) is 13.2 Å². The van der Waals surface area contributed by atoms with Crippen LogP contribution in [0.25, 0.3) is 0 Å². The summed E-state index contributed by atoms with van der Waals surface area (Å²) in [6, 6.07) is 30.0. The number of carboxylic acids is 1. The summed E-state index contributed by atoms with van der Waals surface area (Å²) in [5.74, 6) is -1.55. The van der Waals surface area contributed by atoms with Gasteiger partial charge in [0.15, 0.2) is 12.1 Å². The number of anilines is 1. The molecule has 42 heavy (non-hydrogen) atoms. The second-order valence-electron chi connectivity index (χ2n) is 10.7. The first-order valence-corrected chi connectivity index (χ1v) is 15.0. The number of thioether (sulfide) groups is 1. The number of ether oxygens (including phenoxy) is 1. The summed E-state index contributed by atoms with van der Waals surface area (Å²) in [7, 11) is 0. The molecule has 6 nitrogen and oxygen atoms in total. The molecular formula is C32H35F3N2O4S. The number of quaternary nitrogens is 1. The fraction of sp³-hybridized carbons (Fsp3) is 0.375. The first-order valence-electron chi connectivity index (χ1n) is 14.0. The number of fused-ring (bicyclic) bond motifs is 3. The molecule has 0 unspecified atom stereocenters. The van der Waals surface area contributed by atoms with Crippen LogP contribution in [-0.2, 0) is 14.3 Å². The Bertz CT molecular complexity index is 1270. The van der Waals surface area contributed by atoms with Gasteiger partial charge in [-0.3, -0.25) is 0 Å². The summed E-state index contributed by atoms with van der Waals surface area (Å²) in [4.78, 5) is 23.6. The van der Waals surface area contributed by atoms with E-state index in [1.165, 1.54) is 31.0 Å². The lowest BCUT2D eigenvalue weighted by Crippen LogP contribution is -2.64. The Hall–Kier alpha value is -3.50. The van der Waals surface area contributed by atoms with E-state index in [4.69, 9.17) is 14.6 Å². The molecule has 0 saturated carbocycles. The number of nitrogens with one attached hydrogen (secondary N) is 1. The second kappa shape index (κ2) is 14.6. The van der Waals surface area contributed by atoms with E-state index in [0.29, 0.717) is 5.92 Å². The van der Waals surface area contributed by atoms with Crippen LogP contribution >= 0.6 is 11.8 Å². The topological polar surface area (TPSA) is 78.5 Å². The van der Waals surface area contributed by atoms with Crippen molar-refractivity contribution in [1.29, 1.82) is 0 Å². The number of nitrogens with zero attached hydrogens (tertiary/aromatic N) is 1. The van der Waals surface area contributed by atoms with Gasteiger partial charge in [-0.1, -0.05) is 66.7 Å². The number of halogens is 3. The van der Waals surface area contributed by atoms with Gasteiger partial charge in [-0.25, -0.2) is 4.79 Å². The monoisotopic (exact) mass is 600 g/mol. The average molecular weight is 601 g/mol. The van der Waals surface area contributed by atoms with Gasteiger partial charge >= 0.3 is 12.1 Å². The summed E-state index contributed by atoms with van der Waals surface area (Å²) < 4.78 is 38.9. The number of alkyl halides is 3. The lowest BCUT2D eigenvalue weighted by molar-refractivity contribution is -0.946. The smallest absolute Gasteiger partial charge is 0.430 e. The Morgan fingerprint density at radius 3 is 2.05 bits per heavy atom. The number of piperidine rings is 3. The lowest BCUT2D eigenvalue weighted by atomic mass is 9.83. The van der Waals surface area contributed by atoms with Crippen molar-refractivity contribution >= 4 is 29.4 Å². The highest BCUT2D eigenvalue weighted by Crippen LogP contribution is 2.37. The summed E-state index contributed by atoms with van der Waals surface area (Å²) >= 11 is 1.94. The maximum Gasteiger partial charge on any atom is 0.430 e. The standard InChI is InChI=1S/C30H35N2O2S.C2HF3O2/c33-30(29(25-11-4-1-5-12-25)31-26-13-6-2-7-14-26)34-28-23-32(20-17-24(28)18-21-32)19-10-22-35-27-15-8-3-9-16-27;3-2(4,5)1(6)7/h1-9,11-16,24,28-29,31H,10,17-23H2;(H,6,7)/q+1;/p-1/t24?,28-,29+,32?;/m0./s1. The number of hydrogen-bond donors (Lipinski definition) is 1. The molecule has 3 saturated heterocycles. The van der Waals surface area contributed by atoms with Crippen LogP contribution in [0, 0.1) is 5.92 Å². The van der Waals surface area contributed by atoms with Crippen molar-refractivity contribution in [1.82, 2.24) is 0 Å². The van der Waals surface area contributed by atoms with Gasteiger partial charge in [0.05, 0.1) is 19.6 Å². The molecule has 3 aliphatic heterocycles. The summed E-state index contributed by atoms with van der Waals surface area (Å²) in [6.45, 7) is 4.57. The quantitative estimate of drug-likeness (QED) is 0.144. The Morgan fingerprint density at radius 2 is 1.48 bits per heavy atom. The van der Waals surface area contributed by atoms with Crippen LogP contribution in [-0.4, -0.2) is 60.6 Å². The first kappa shape index (κ1) is 31.4.